The molecule has 5 nitrogen and oxygen atoms in total. The molecule has 0 fully saturated rings. The van der Waals surface area contributed by atoms with Gasteiger partial charge in [0.25, 0.3) is 0 Å². The van der Waals surface area contributed by atoms with Gasteiger partial charge >= 0.3 is 5.63 Å². The maximum absolute atomic E-state index is 13.2. The van der Waals surface area contributed by atoms with Gasteiger partial charge in [-0.15, -0.1) is 0 Å². The van der Waals surface area contributed by atoms with Crippen LogP contribution in [0.15, 0.2) is 51.7 Å². The average Bonchev–Trinajstić information content (AvgIpc) is 2.79. The minimum atomic E-state index is -0.333. The van der Waals surface area contributed by atoms with E-state index in [0.717, 1.165) is 35.8 Å². The fraction of sp³-hybridized carbons (Fsp3) is 0.481. The summed E-state index contributed by atoms with van der Waals surface area (Å²) in [5, 5.41) is 2.27. The number of carbonyl (C=O) groups excluding carboxylic acids is 1. The third kappa shape index (κ3) is 6.19. The molecule has 0 aliphatic heterocycles. The van der Waals surface area contributed by atoms with Crippen LogP contribution in [0.5, 0.6) is 0 Å². The summed E-state index contributed by atoms with van der Waals surface area (Å²) in [5.41, 5.74) is 1.07. The maximum Gasteiger partial charge on any atom is 0.344 e. The van der Waals surface area contributed by atoms with Gasteiger partial charge in [-0.05, 0) is 50.2 Å². The molecular formula is C27H36N2O3. The van der Waals surface area contributed by atoms with Crippen molar-refractivity contribution in [1.82, 2.24) is 4.90 Å². The fourth-order valence-electron chi connectivity index (χ4n) is 4.10. The van der Waals surface area contributed by atoms with Crippen LogP contribution in [0.2, 0.25) is 0 Å². The molecule has 0 aliphatic rings. The largest absolute Gasteiger partial charge is 0.422 e. The summed E-state index contributed by atoms with van der Waals surface area (Å²) in [6, 6.07) is 13.2. The predicted molar refractivity (Wildman–Crippen MR) is 134 cm³/mol. The van der Waals surface area contributed by atoms with Crippen LogP contribution in [0.4, 0.5) is 5.69 Å². The smallest absolute Gasteiger partial charge is 0.344 e. The number of unbranched alkanes of at least 4 members (excludes halogenated alkanes) is 6. The molecule has 5 heteroatoms. The number of nitrogens with zero attached hydrogens (tertiary/aromatic N) is 2. The van der Waals surface area contributed by atoms with Crippen LogP contribution in [-0.4, -0.2) is 38.0 Å². The Morgan fingerprint density at radius 3 is 2.25 bits per heavy atom. The van der Waals surface area contributed by atoms with E-state index in [1.54, 1.807) is 6.07 Å². The van der Waals surface area contributed by atoms with Crippen molar-refractivity contribution in [3.63, 3.8) is 0 Å². The monoisotopic (exact) mass is 436 g/mol. The minimum Gasteiger partial charge on any atom is -0.422 e. The number of amides is 1. The van der Waals surface area contributed by atoms with Crippen LogP contribution in [-0.2, 0) is 4.79 Å². The zero-order chi connectivity index (χ0) is 22.9. The fourth-order valence-corrected chi connectivity index (χ4v) is 4.10. The normalized spacial score (nSPS) is 11.5. The van der Waals surface area contributed by atoms with Crippen molar-refractivity contribution in [2.75, 3.05) is 32.1 Å². The number of benzene rings is 2. The lowest BCUT2D eigenvalue weighted by Crippen LogP contribution is -2.36. The van der Waals surface area contributed by atoms with E-state index >= 15 is 0 Å². The van der Waals surface area contributed by atoms with E-state index in [4.69, 9.17) is 4.42 Å². The van der Waals surface area contributed by atoms with Crippen LogP contribution in [0.25, 0.3) is 21.7 Å². The number of hydrogen-bond donors (Lipinski definition) is 0. The first-order chi connectivity index (χ1) is 15.5. The van der Waals surface area contributed by atoms with Crippen molar-refractivity contribution in [2.45, 2.75) is 58.3 Å². The zero-order valence-electron chi connectivity index (χ0n) is 19.7. The van der Waals surface area contributed by atoms with Crippen molar-refractivity contribution in [3.8, 4) is 0 Å². The second-order valence-electron chi connectivity index (χ2n) is 8.84. The van der Waals surface area contributed by atoms with E-state index in [1.807, 2.05) is 55.4 Å². The van der Waals surface area contributed by atoms with Crippen molar-refractivity contribution in [2.24, 2.45) is 0 Å². The molecule has 0 saturated heterocycles. The van der Waals surface area contributed by atoms with Gasteiger partial charge in [-0.25, -0.2) is 4.79 Å². The second-order valence-corrected chi connectivity index (χ2v) is 8.84. The van der Waals surface area contributed by atoms with Crippen LogP contribution in [0.3, 0.4) is 0 Å². The highest BCUT2D eigenvalue weighted by Crippen LogP contribution is 2.28. The van der Waals surface area contributed by atoms with Crippen molar-refractivity contribution < 1.29 is 9.21 Å². The van der Waals surface area contributed by atoms with Gasteiger partial charge in [0.2, 0.25) is 5.91 Å². The molecule has 3 aromatic rings. The number of fused-ring (bicyclic) bond motifs is 3. The Morgan fingerprint density at radius 2 is 1.53 bits per heavy atom. The van der Waals surface area contributed by atoms with E-state index in [9.17, 15) is 9.59 Å². The lowest BCUT2D eigenvalue weighted by Gasteiger charge is -2.25. The molecule has 3 rings (SSSR count). The summed E-state index contributed by atoms with van der Waals surface area (Å²) in [6.45, 7) is 3.64. The third-order valence-corrected chi connectivity index (χ3v) is 5.98. The van der Waals surface area contributed by atoms with Gasteiger partial charge in [-0.3, -0.25) is 4.79 Å². The Kier molecular flexibility index (Phi) is 8.86. The molecule has 0 spiro atoms. The molecule has 0 saturated carbocycles. The van der Waals surface area contributed by atoms with Gasteiger partial charge < -0.3 is 14.2 Å². The molecule has 1 heterocycles. The Bertz CT molecular complexity index is 1090. The molecule has 2 aromatic carbocycles. The predicted octanol–water partition coefficient (Wildman–Crippen LogP) is 5.98. The highest BCUT2D eigenvalue weighted by Gasteiger charge is 2.17. The standard InChI is InChI=1S/C27H36N2O3/c1-4-5-6-7-8-9-10-15-26(30)29(19-18-28(2)3)21-16-17-25-24(20-21)22-13-11-12-14-23(22)27(31)32-25/h11-14,16-17,20H,4-10,15,18-19H2,1-3H3. The van der Waals surface area contributed by atoms with E-state index < -0.39 is 0 Å². The molecule has 0 unspecified atom stereocenters. The third-order valence-electron chi connectivity index (χ3n) is 5.98. The van der Waals surface area contributed by atoms with Gasteiger partial charge in [0, 0.05) is 30.6 Å². The van der Waals surface area contributed by atoms with Gasteiger partial charge in [0.05, 0.1) is 5.39 Å². The summed E-state index contributed by atoms with van der Waals surface area (Å²) in [4.78, 5) is 29.4. The minimum absolute atomic E-state index is 0.154. The maximum atomic E-state index is 13.2. The van der Waals surface area contributed by atoms with Crippen LogP contribution in [0, 0.1) is 0 Å². The second kappa shape index (κ2) is 11.8. The Labute approximate surface area is 191 Å². The molecule has 32 heavy (non-hydrogen) atoms. The highest BCUT2D eigenvalue weighted by molar-refractivity contribution is 6.06. The summed E-state index contributed by atoms with van der Waals surface area (Å²) >= 11 is 0. The van der Waals surface area contributed by atoms with E-state index in [2.05, 4.69) is 11.8 Å². The number of rotatable bonds is 12. The van der Waals surface area contributed by atoms with Crippen LogP contribution >= 0.6 is 0 Å². The molecule has 0 bridgehead atoms. The summed E-state index contributed by atoms with van der Waals surface area (Å²) in [7, 11) is 4.03. The molecule has 0 N–H and O–H groups in total. The SMILES string of the molecule is CCCCCCCCCC(=O)N(CCN(C)C)c1ccc2oc(=O)c3ccccc3c2c1. The first-order valence-corrected chi connectivity index (χ1v) is 11.9. The van der Waals surface area contributed by atoms with Gasteiger partial charge in [0.1, 0.15) is 5.58 Å². The summed E-state index contributed by atoms with van der Waals surface area (Å²) in [5.74, 6) is 0.154. The van der Waals surface area contributed by atoms with Gasteiger partial charge in [-0.2, -0.15) is 0 Å². The molecule has 0 atom stereocenters. The molecule has 172 valence electrons. The number of anilines is 1. The van der Waals surface area contributed by atoms with E-state index in [0.29, 0.717) is 23.9 Å². The Hall–Kier alpha value is -2.66. The quantitative estimate of drug-likeness (QED) is 0.199. The van der Waals surface area contributed by atoms with Crippen LogP contribution < -0.4 is 10.5 Å². The Balaban J connectivity index is 1.80. The lowest BCUT2D eigenvalue weighted by molar-refractivity contribution is -0.118. The number of likely N-dealkylation sites (N-methyl/N-ethyl adjacent to an activating group) is 1. The van der Waals surface area contributed by atoms with Gasteiger partial charge in [-0.1, -0.05) is 63.6 Å². The topological polar surface area (TPSA) is 53.8 Å². The van der Waals surface area contributed by atoms with Crippen molar-refractivity contribution in [3.05, 3.63) is 52.9 Å². The first-order valence-electron chi connectivity index (χ1n) is 11.9. The van der Waals surface area contributed by atoms with Crippen molar-refractivity contribution in [1.29, 1.82) is 0 Å². The molecular weight excluding hydrogens is 400 g/mol. The van der Waals surface area contributed by atoms with E-state index in [-0.39, 0.29) is 11.5 Å². The average molecular weight is 437 g/mol. The van der Waals surface area contributed by atoms with Gasteiger partial charge in [0.15, 0.2) is 0 Å². The molecule has 1 amide bonds. The molecule has 0 radical (unpaired) electrons. The molecule has 1 aromatic heterocycles. The summed E-state index contributed by atoms with van der Waals surface area (Å²) < 4.78 is 5.52. The Morgan fingerprint density at radius 1 is 0.844 bits per heavy atom. The zero-order valence-corrected chi connectivity index (χ0v) is 19.7. The van der Waals surface area contributed by atoms with Crippen molar-refractivity contribution >= 4 is 33.3 Å². The molecule has 0 aliphatic carbocycles. The van der Waals surface area contributed by atoms with E-state index in [1.165, 1.54) is 32.1 Å². The number of hydrogen-bond acceptors (Lipinski definition) is 4. The highest BCUT2D eigenvalue weighted by atomic mass is 16.4. The number of carbonyl (C=O) groups is 1. The van der Waals surface area contributed by atoms with Crippen LogP contribution in [0.1, 0.15) is 58.3 Å². The first kappa shape index (κ1) is 24.0. The summed E-state index contributed by atoms with van der Waals surface area (Å²) in [6.07, 6.45) is 8.89. The lowest BCUT2D eigenvalue weighted by atomic mass is 10.1.